The van der Waals surface area contributed by atoms with E-state index in [1.165, 1.54) is 141 Å². The van der Waals surface area contributed by atoms with Crippen LogP contribution in [0.3, 0.4) is 0 Å². The number of carboxylic acid groups (broad SMARTS) is 1. The van der Waals surface area contributed by atoms with Crippen LogP contribution in [0.5, 0.6) is 0 Å². The van der Waals surface area contributed by atoms with Crippen molar-refractivity contribution in [1.82, 2.24) is 0 Å². The van der Waals surface area contributed by atoms with Crippen molar-refractivity contribution >= 4 is 25.7 Å². The zero-order valence-electron chi connectivity index (χ0n) is 35.5. The van der Waals surface area contributed by atoms with E-state index in [9.17, 15) is 28.9 Å². The molecule has 3 atom stereocenters. The molecule has 13 heteroatoms. The van der Waals surface area contributed by atoms with Crippen molar-refractivity contribution in [3.63, 3.8) is 0 Å². The largest absolute Gasteiger partial charge is 1.00 e. The van der Waals surface area contributed by atoms with Crippen molar-refractivity contribution in [2.75, 3.05) is 19.8 Å². The number of unbranched alkanes of at least 4 members (excludes halogenated alkanes) is 28. The molecule has 320 valence electrons. The number of hydrogen-bond donors (Lipinski definition) is 2. The zero-order valence-corrected chi connectivity index (χ0v) is 38.4. The van der Waals surface area contributed by atoms with E-state index in [1.807, 2.05) is 0 Å². The molecule has 0 bridgehead atoms. The van der Waals surface area contributed by atoms with Crippen LogP contribution in [0.4, 0.5) is 0 Å². The summed E-state index contributed by atoms with van der Waals surface area (Å²) in [4.78, 5) is 45.8. The zero-order chi connectivity index (χ0) is 40.0. The maximum absolute atomic E-state index is 12.6. The Morgan fingerprint density at radius 1 is 0.527 bits per heavy atom. The van der Waals surface area contributed by atoms with Crippen LogP contribution in [-0.2, 0) is 37.5 Å². The van der Waals surface area contributed by atoms with Crippen molar-refractivity contribution in [2.24, 2.45) is 5.73 Å². The molecule has 0 radical (unpaired) electrons. The van der Waals surface area contributed by atoms with Gasteiger partial charge < -0.3 is 30.0 Å². The number of aliphatic carboxylic acids is 1. The van der Waals surface area contributed by atoms with Gasteiger partial charge in [-0.2, -0.15) is 0 Å². The number of ether oxygens (including phenoxy) is 2. The van der Waals surface area contributed by atoms with Gasteiger partial charge >= 0.3 is 49.3 Å². The molecule has 55 heavy (non-hydrogen) atoms. The van der Waals surface area contributed by atoms with Gasteiger partial charge in [0.2, 0.25) is 0 Å². The van der Waals surface area contributed by atoms with Gasteiger partial charge in [-0.3, -0.25) is 18.6 Å². The van der Waals surface area contributed by atoms with Crippen molar-refractivity contribution in [3.05, 3.63) is 0 Å². The number of phosphoric acid groups is 1. The molecule has 0 aliphatic carbocycles. The van der Waals surface area contributed by atoms with Crippen LogP contribution in [0, 0.1) is 0 Å². The third kappa shape index (κ3) is 41.4. The normalized spacial score (nSPS) is 13.5. The average Bonchev–Trinajstić information content (AvgIpc) is 3.14. The second-order valence-electron chi connectivity index (χ2n) is 15.2. The molecule has 0 aromatic heterocycles. The van der Waals surface area contributed by atoms with Gasteiger partial charge in [0.1, 0.15) is 6.61 Å². The Morgan fingerprint density at radius 3 is 1.18 bits per heavy atom. The second-order valence-corrected chi connectivity index (χ2v) is 16.6. The Labute approximate surface area is 358 Å². The third-order valence-electron chi connectivity index (χ3n) is 9.84. The minimum atomic E-state index is -4.73. The molecule has 0 heterocycles. The molecular formula is C42H81NNaO10P. The fraction of sp³-hybridized carbons (Fsp3) is 0.929. The van der Waals surface area contributed by atoms with Crippen LogP contribution in [-0.4, -0.2) is 54.8 Å². The van der Waals surface area contributed by atoms with Crippen LogP contribution >= 0.6 is 7.82 Å². The molecule has 0 saturated heterocycles. The Morgan fingerprint density at radius 2 is 0.836 bits per heavy atom. The molecule has 0 rings (SSSR count). The van der Waals surface area contributed by atoms with Gasteiger partial charge in [-0.05, 0) is 12.8 Å². The van der Waals surface area contributed by atoms with Crippen molar-refractivity contribution in [2.45, 2.75) is 231 Å². The smallest absolute Gasteiger partial charge is 0.548 e. The number of carbonyl (C=O) groups is 3. The maximum Gasteiger partial charge on any atom is 1.00 e. The number of nitrogens with two attached hydrogens (primary N) is 1. The fourth-order valence-corrected chi connectivity index (χ4v) is 7.14. The van der Waals surface area contributed by atoms with Gasteiger partial charge in [0.15, 0.2) is 6.10 Å². The number of hydrogen-bond acceptors (Lipinski definition) is 10. The van der Waals surface area contributed by atoms with E-state index in [-0.39, 0.29) is 49.0 Å². The van der Waals surface area contributed by atoms with Gasteiger partial charge in [0, 0.05) is 12.8 Å². The molecule has 3 N–H and O–H groups in total. The molecule has 0 saturated carbocycles. The van der Waals surface area contributed by atoms with Gasteiger partial charge in [-0.15, -0.1) is 0 Å². The molecular weight excluding hydrogens is 732 g/mol. The molecule has 3 unspecified atom stereocenters. The van der Waals surface area contributed by atoms with E-state index in [1.54, 1.807) is 0 Å². The molecule has 0 fully saturated rings. The number of rotatable bonds is 42. The topological polar surface area (TPSA) is 175 Å². The van der Waals surface area contributed by atoms with E-state index < -0.39 is 51.1 Å². The number of esters is 2. The Balaban J connectivity index is 0. The Bertz CT molecular complexity index is 944. The standard InChI is InChI=1S/C42H82NO10P.Na/c1-3-5-7-9-11-13-15-17-19-21-23-25-27-29-31-33-40(44)50-35-38(36-51-54(48,49)52-37-39(43)42(46)47)53-41(45)34-32-30-28-26-24-22-20-18-16-14-12-10-8-6-4-2;/h38-39H,3-37,43H2,1-2H3,(H,46,47)(H,48,49);/q;+1/p-1. The molecule has 0 aromatic carbocycles. The molecule has 0 aromatic rings. The summed E-state index contributed by atoms with van der Waals surface area (Å²) in [7, 11) is -4.73. The third-order valence-corrected chi connectivity index (χ3v) is 10.8. The van der Waals surface area contributed by atoms with Crippen LogP contribution in [0.1, 0.15) is 219 Å². The van der Waals surface area contributed by atoms with E-state index in [2.05, 4.69) is 18.4 Å². The van der Waals surface area contributed by atoms with Gasteiger partial charge in [-0.25, -0.2) is 4.57 Å². The first-order valence-electron chi connectivity index (χ1n) is 22.0. The molecule has 0 spiro atoms. The Hall–Kier alpha value is -0.520. The van der Waals surface area contributed by atoms with Crippen molar-refractivity contribution in [1.29, 1.82) is 0 Å². The average molecular weight is 814 g/mol. The number of carboxylic acids is 1. The van der Waals surface area contributed by atoms with Crippen LogP contribution < -0.4 is 40.4 Å². The summed E-state index contributed by atoms with van der Waals surface area (Å²) in [6.45, 7) is 2.74. The monoisotopic (exact) mass is 814 g/mol. The quantitative estimate of drug-likeness (QED) is 0.0277. The summed E-state index contributed by atoms with van der Waals surface area (Å²) >= 11 is 0. The molecule has 11 nitrogen and oxygen atoms in total. The number of phosphoric ester groups is 1. The van der Waals surface area contributed by atoms with Gasteiger partial charge in [-0.1, -0.05) is 194 Å². The van der Waals surface area contributed by atoms with Gasteiger partial charge in [0.25, 0.3) is 0 Å². The van der Waals surface area contributed by atoms with Gasteiger partial charge in [0.05, 0.1) is 25.2 Å². The van der Waals surface area contributed by atoms with Crippen molar-refractivity contribution < 1.29 is 77.0 Å². The first-order chi connectivity index (χ1) is 26.1. The first kappa shape index (κ1) is 56.6. The molecule has 0 aliphatic heterocycles. The SMILES string of the molecule is CCCCCCCCCCCCCCCCCC(=O)OCC(COP(=O)(O)OCC(N)C(=O)[O-])OC(=O)CCCCCCCCCCCCCCCCC.[Na+]. The van der Waals surface area contributed by atoms with E-state index in [0.29, 0.717) is 12.8 Å². The first-order valence-corrected chi connectivity index (χ1v) is 23.5. The van der Waals surface area contributed by atoms with Crippen molar-refractivity contribution in [3.8, 4) is 0 Å². The summed E-state index contributed by atoms with van der Waals surface area (Å²) in [5.41, 5.74) is 5.27. The number of carbonyl (C=O) groups excluding carboxylic acids is 3. The van der Waals surface area contributed by atoms with E-state index >= 15 is 0 Å². The molecule has 0 aliphatic rings. The summed E-state index contributed by atoms with van der Waals surface area (Å²) in [5.74, 6) is -2.62. The van der Waals surface area contributed by atoms with Crippen LogP contribution in [0.25, 0.3) is 0 Å². The minimum Gasteiger partial charge on any atom is -0.548 e. The predicted octanol–water partition coefficient (Wildman–Crippen LogP) is 7.18. The molecule has 0 amide bonds. The fourth-order valence-electron chi connectivity index (χ4n) is 6.36. The van der Waals surface area contributed by atoms with Crippen LogP contribution in [0.2, 0.25) is 0 Å². The van der Waals surface area contributed by atoms with Crippen LogP contribution in [0.15, 0.2) is 0 Å². The van der Waals surface area contributed by atoms with E-state index in [4.69, 9.17) is 19.7 Å². The predicted molar refractivity (Wildman–Crippen MR) is 215 cm³/mol. The summed E-state index contributed by atoms with van der Waals surface area (Å²) in [5, 5.41) is 10.8. The minimum absolute atomic E-state index is 0. The summed E-state index contributed by atoms with van der Waals surface area (Å²) < 4.78 is 32.6. The summed E-state index contributed by atoms with van der Waals surface area (Å²) in [6, 6.07) is -1.63. The Kier molecular flexibility index (Phi) is 42.8. The van der Waals surface area contributed by atoms with E-state index in [0.717, 1.165) is 38.5 Å². The second kappa shape index (κ2) is 41.6. The summed E-state index contributed by atoms with van der Waals surface area (Å²) in [6.07, 6.45) is 35.8. The maximum atomic E-state index is 12.6.